The number of hydrogen-bond acceptors (Lipinski definition) is 2. The molecule has 0 amide bonds. The third-order valence-corrected chi connectivity index (χ3v) is 6.79. The van der Waals surface area contributed by atoms with Crippen molar-refractivity contribution in [2.45, 2.75) is 89.1 Å². The number of piperidine rings is 1. The van der Waals surface area contributed by atoms with Crippen LogP contribution in [0.5, 0.6) is 0 Å². The predicted molar refractivity (Wildman–Crippen MR) is 90.6 cm³/mol. The smallest absolute Gasteiger partial charge is 0.0365 e. The fourth-order valence-electron chi connectivity index (χ4n) is 5.88. The maximum atomic E-state index is 3.83. The molecule has 0 radical (unpaired) electrons. The van der Waals surface area contributed by atoms with E-state index < -0.39 is 0 Å². The van der Waals surface area contributed by atoms with Crippen molar-refractivity contribution in [2.75, 3.05) is 20.1 Å². The van der Waals surface area contributed by atoms with E-state index in [1.165, 1.54) is 83.7 Å². The predicted octanol–water partition coefficient (Wildman–Crippen LogP) is 4.20. The van der Waals surface area contributed by atoms with Gasteiger partial charge in [0.25, 0.3) is 0 Å². The number of likely N-dealkylation sites (tertiary alicyclic amines) is 1. The average Bonchev–Trinajstić information content (AvgIpc) is 3.00. The molecular formula is C19H36N2. The molecule has 1 saturated heterocycles. The van der Waals surface area contributed by atoms with Gasteiger partial charge in [0.2, 0.25) is 0 Å². The van der Waals surface area contributed by atoms with Gasteiger partial charge in [-0.3, -0.25) is 4.90 Å². The summed E-state index contributed by atoms with van der Waals surface area (Å²) in [5, 5.41) is 3.83. The van der Waals surface area contributed by atoms with Gasteiger partial charge in [-0.05, 0) is 70.5 Å². The standard InChI is InChI=1S/C19H36N2/c1-16-9-8-10-17(15-16)18(20-2)19(11-4-5-12-19)21-13-6-3-7-14-21/h16-18,20H,3-15H2,1-2H3. The van der Waals surface area contributed by atoms with Crippen molar-refractivity contribution in [2.24, 2.45) is 11.8 Å². The van der Waals surface area contributed by atoms with Crippen LogP contribution < -0.4 is 5.32 Å². The molecule has 0 aromatic rings. The van der Waals surface area contributed by atoms with Crippen LogP contribution in [0.3, 0.4) is 0 Å². The summed E-state index contributed by atoms with van der Waals surface area (Å²) < 4.78 is 0. The van der Waals surface area contributed by atoms with E-state index in [1.807, 2.05) is 0 Å². The summed E-state index contributed by atoms with van der Waals surface area (Å²) in [6, 6.07) is 0.737. The molecule has 3 atom stereocenters. The van der Waals surface area contributed by atoms with E-state index in [4.69, 9.17) is 0 Å². The molecule has 21 heavy (non-hydrogen) atoms. The van der Waals surface area contributed by atoms with Crippen LogP contribution in [-0.4, -0.2) is 36.6 Å². The van der Waals surface area contributed by atoms with Crippen LogP contribution in [-0.2, 0) is 0 Å². The largest absolute Gasteiger partial charge is 0.315 e. The first-order valence-electron chi connectivity index (χ1n) is 9.68. The van der Waals surface area contributed by atoms with Gasteiger partial charge in [-0.25, -0.2) is 0 Å². The highest BCUT2D eigenvalue weighted by molar-refractivity contribution is 5.06. The lowest BCUT2D eigenvalue weighted by atomic mass is 9.70. The van der Waals surface area contributed by atoms with Crippen LogP contribution >= 0.6 is 0 Å². The molecule has 2 nitrogen and oxygen atoms in total. The molecule has 3 aliphatic rings. The first kappa shape index (κ1) is 15.8. The van der Waals surface area contributed by atoms with Gasteiger partial charge in [-0.1, -0.05) is 39.0 Å². The molecule has 3 rings (SSSR count). The van der Waals surface area contributed by atoms with Gasteiger partial charge in [0.15, 0.2) is 0 Å². The molecule has 1 heterocycles. The van der Waals surface area contributed by atoms with Crippen LogP contribution in [0.2, 0.25) is 0 Å². The Morgan fingerprint density at radius 2 is 1.67 bits per heavy atom. The highest BCUT2D eigenvalue weighted by Gasteiger charge is 2.48. The van der Waals surface area contributed by atoms with Gasteiger partial charge >= 0.3 is 0 Å². The maximum Gasteiger partial charge on any atom is 0.0365 e. The summed E-state index contributed by atoms with van der Waals surface area (Å²) in [6.07, 6.45) is 16.0. The van der Waals surface area contributed by atoms with Gasteiger partial charge in [0.05, 0.1) is 0 Å². The number of nitrogens with zero attached hydrogens (tertiary/aromatic N) is 1. The van der Waals surface area contributed by atoms with Crippen molar-refractivity contribution < 1.29 is 0 Å². The number of likely N-dealkylation sites (N-methyl/N-ethyl adjacent to an activating group) is 1. The van der Waals surface area contributed by atoms with Crippen LogP contribution in [0.4, 0.5) is 0 Å². The van der Waals surface area contributed by atoms with E-state index >= 15 is 0 Å². The van der Waals surface area contributed by atoms with Gasteiger partial charge in [-0.2, -0.15) is 0 Å². The van der Waals surface area contributed by atoms with Crippen molar-refractivity contribution in [1.82, 2.24) is 10.2 Å². The molecule has 2 aliphatic carbocycles. The molecule has 1 N–H and O–H groups in total. The molecule has 0 aromatic heterocycles. The van der Waals surface area contributed by atoms with Crippen LogP contribution in [0, 0.1) is 11.8 Å². The lowest BCUT2D eigenvalue weighted by molar-refractivity contribution is 0.00900. The summed E-state index contributed by atoms with van der Waals surface area (Å²) >= 11 is 0. The summed E-state index contributed by atoms with van der Waals surface area (Å²) in [7, 11) is 2.24. The van der Waals surface area contributed by atoms with Crippen LogP contribution in [0.15, 0.2) is 0 Å². The number of hydrogen-bond donors (Lipinski definition) is 1. The number of nitrogens with one attached hydrogen (secondary N) is 1. The second kappa shape index (κ2) is 7.00. The van der Waals surface area contributed by atoms with Gasteiger partial charge in [-0.15, -0.1) is 0 Å². The van der Waals surface area contributed by atoms with Gasteiger partial charge in [0, 0.05) is 11.6 Å². The lowest BCUT2D eigenvalue weighted by Gasteiger charge is -2.52. The molecule has 122 valence electrons. The van der Waals surface area contributed by atoms with Crippen molar-refractivity contribution in [3.8, 4) is 0 Å². The average molecular weight is 293 g/mol. The fraction of sp³-hybridized carbons (Fsp3) is 1.00. The Kier molecular flexibility index (Phi) is 5.27. The van der Waals surface area contributed by atoms with Crippen molar-refractivity contribution in [1.29, 1.82) is 0 Å². The quantitative estimate of drug-likeness (QED) is 0.835. The Balaban J connectivity index is 1.79. The zero-order valence-electron chi connectivity index (χ0n) is 14.4. The third kappa shape index (κ3) is 3.17. The molecular weight excluding hydrogens is 256 g/mol. The van der Waals surface area contributed by atoms with Gasteiger partial charge < -0.3 is 5.32 Å². The van der Waals surface area contributed by atoms with E-state index in [1.54, 1.807) is 0 Å². The molecule has 3 fully saturated rings. The summed E-state index contributed by atoms with van der Waals surface area (Å²) in [5.41, 5.74) is 0.497. The van der Waals surface area contributed by atoms with Crippen molar-refractivity contribution in [3.05, 3.63) is 0 Å². The molecule has 1 aliphatic heterocycles. The Labute approximate surface area is 132 Å². The van der Waals surface area contributed by atoms with E-state index in [-0.39, 0.29) is 0 Å². The van der Waals surface area contributed by atoms with E-state index in [9.17, 15) is 0 Å². The Bertz CT molecular complexity index is 316. The minimum Gasteiger partial charge on any atom is -0.315 e. The minimum atomic E-state index is 0.497. The van der Waals surface area contributed by atoms with Crippen molar-refractivity contribution >= 4 is 0 Å². The highest BCUT2D eigenvalue weighted by atomic mass is 15.2. The summed E-state index contributed by atoms with van der Waals surface area (Å²) in [5.74, 6) is 1.86. The van der Waals surface area contributed by atoms with Crippen LogP contribution in [0.1, 0.15) is 77.6 Å². The SMILES string of the molecule is CNC(C1CCCC(C)C1)C1(N2CCCCC2)CCCC1. The monoisotopic (exact) mass is 292 g/mol. The second-order valence-corrected chi connectivity index (χ2v) is 8.16. The molecule has 0 spiro atoms. The third-order valence-electron chi connectivity index (χ3n) is 6.79. The summed E-state index contributed by atoms with van der Waals surface area (Å²) in [6.45, 7) is 5.20. The Morgan fingerprint density at radius 3 is 2.29 bits per heavy atom. The minimum absolute atomic E-state index is 0.497. The van der Waals surface area contributed by atoms with Gasteiger partial charge in [0.1, 0.15) is 0 Å². The first-order chi connectivity index (χ1) is 10.3. The molecule has 0 bridgehead atoms. The zero-order valence-corrected chi connectivity index (χ0v) is 14.4. The lowest BCUT2D eigenvalue weighted by Crippen LogP contribution is -2.63. The zero-order chi connectivity index (χ0) is 14.7. The highest BCUT2D eigenvalue weighted by Crippen LogP contribution is 2.45. The molecule has 2 heteroatoms. The van der Waals surface area contributed by atoms with Crippen molar-refractivity contribution in [3.63, 3.8) is 0 Å². The Morgan fingerprint density at radius 1 is 0.952 bits per heavy atom. The fourth-order valence-corrected chi connectivity index (χ4v) is 5.88. The van der Waals surface area contributed by atoms with Crippen LogP contribution in [0.25, 0.3) is 0 Å². The topological polar surface area (TPSA) is 15.3 Å². The number of rotatable bonds is 4. The van der Waals surface area contributed by atoms with E-state index in [0.29, 0.717) is 5.54 Å². The summed E-state index contributed by atoms with van der Waals surface area (Å²) in [4.78, 5) is 2.92. The van der Waals surface area contributed by atoms with E-state index in [2.05, 4.69) is 24.2 Å². The molecule has 0 aromatic carbocycles. The maximum absolute atomic E-state index is 3.83. The Hall–Kier alpha value is -0.0800. The normalized spacial score (nSPS) is 35.7. The van der Waals surface area contributed by atoms with E-state index in [0.717, 1.165) is 17.9 Å². The molecule has 3 unspecified atom stereocenters. The first-order valence-corrected chi connectivity index (χ1v) is 9.68. The molecule has 2 saturated carbocycles. The second-order valence-electron chi connectivity index (χ2n) is 8.16.